The molecule has 172 valence electrons. The maximum absolute atomic E-state index is 13.1. The Kier molecular flexibility index (Phi) is 6.51. The van der Waals surface area contributed by atoms with E-state index < -0.39 is 0 Å². The number of likely N-dealkylation sites (tertiary alicyclic amines) is 1. The fraction of sp³-hybridized carbons (Fsp3) is 0.423. The van der Waals surface area contributed by atoms with E-state index in [1.807, 2.05) is 34.1 Å². The number of benzene rings is 1. The van der Waals surface area contributed by atoms with Gasteiger partial charge in [-0.15, -0.1) is 0 Å². The summed E-state index contributed by atoms with van der Waals surface area (Å²) in [4.78, 5) is 34.4. The summed E-state index contributed by atoms with van der Waals surface area (Å²) in [5.74, 6) is 0.359. The van der Waals surface area contributed by atoms with Crippen LogP contribution in [0, 0.1) is 5.92 Å². The number of amides is 2. The third kappa shape index (κ3) is 4.84. The zero-order valence-corrected chi connectivity index (χ0v) is 18.8. The average Bonchev–Trinajstić information content (AvgIpc) is 3.40. The summed E-state index contributed by atoms with van der Waals surface area (Å²) in [5.41, 5.74) is 9.85. The molecule has 2 atom stereocenters. The van der Waals surface area contributed by atoms with Crippen LogP contribution in [0.2, 0.25) is 0 Å². The van der Waals surface area contributed by atoms with Gasteiger partial charge >= 0.3 is 0 Å². The van der Waals surface area contributed by atoms with E-state index in [0.717, 1.165) is 31.5 Å². The van der Waals surface area contributed by atoms with Crippen molar-refractivity contribution >= 4 is 17.4 Å². The lowest BCUT2D eigenvalue weighted by molar-refractivity contribution is -0.141. The minimum absolute atomic E-state index is 0.0108. The minimum atomic E-state index is -0.257. The second kappa shape index (κ2) is 9.85. The van der Waals surface area contributed by atoms with Gasteiger partial charge in [-0.05, 0) is 49.0 Å². The average molecular weight is 446 g/mol. The summed E-state index contributed by atoms with van der Waals surface area (Å²) in [5, 5.41) is 0. The lowest BCUT2D eigenvalue weighted by Crippen LogP contribution is -2.50. The van der Waals surface area contributed by atoms with Crippen LogP contribution >= 0.6 is 0 Å². The number of hydrazine groups is 1. The van der Waals surface area contributed by atoms with Gasteiger partial charge in [-0.1, -0.05) is 42.5 Å². The molecule has 0 radical (unpaired) electrons. The van der Waals surface area contributed by atoms with E-state index in [9.17, 15) is 9.59 Å². The monoisotopic (exact) mass is 445 g/mol. The molecule has 2 aromatic rings. The molecule has 2 saturated heterocycles. The Morgan fingerprint density at radius 1 is 0.879 bits per heavy atom. The molecule has 2 N–H and O–H groups in total. The molecule has 3 aliphatic heterocycles. The number of rotatable bonds is 4. The first kappa shape index (κ1) is 21.8. The Balaban J connectivity index is 1.10. The van der Waals surface area contributed by atoms with Crippen LogP contribution in [0.1, 0.15) is 43.0 Å². The quantitative estimate of drug-likeness (QED) is 0.756. The topological polar surface area (TPSA) is 77.6 Å². The molecule has 0 aliphatic carbocycles. The van der Waals surface area contributed by atoms with Crippen LogP contribution in [0.5, 0.6) is 0 Å². The van der Waals surface area contributed by atoms with Crippen molar-refractivity contribution in [3.8, 4) is 0 Å². The van der Waals surface area contributed by atoms with Gasteiger partial charge in [0.15, 0.2) is 0 Å². The summed E-state index contributed by atoms with van der Waals surface area (Å²) in [6, 6.07) is 16.0. The molecule has 0 spiro atoms. The first-order valence-electron chi connectivity index (χ1n) is 11.9. The van der Waals surface area contributed by atoms with Crippen molar-refractivity contribution in [1.82, 2.24) is 25.6 Å². The number of carbonyl (C=O) groups is 2. The van der Waals surface area contributed by atoms with E-state index in [-0.39, 0.29) is 29.8 Å². The van der Waals surface area contributed by atoms with Gasteiger partial charge in [0.25, 0.3) is 0 Å². The number of piperidine rings is 1. The number of pyridine rings is 1. The lowest BCUT2D eigenvalue weighted by Gasteiger charge is -2.36. The van der Waals surface area contributed by atoms with Gasteiger partial charge in [0.05, 0.1) is 11.7 Å². The van der Waals surface area contributed by atoms with Crippen molar-refractivity contribution in [2.75, 3.05) is 26.2 Å². The zero-order chi connectivity index (χ0) is 22.6. The van der Waals surface area contributed by atoms with Gasteiger partial charge in [-0.2, -0.15) is 0 Å². The second-order valence-corrected chi connectivity index (χ2v) is 9.11. The van der Waals surface area contributed by atoms with Crippen LogP contribution in [0.15, 0.2) is 60.8 Å². The Morgan fingerprint density at radius 2 is 1.67 bits per heavy atom. The molecule has 33 heavy (non-hydrogen) atoms. The van der Waals surface area contributed by atoms with Crippen molar-refractivity contribution in [1.29, 1.82) is 0 Å². The first-order valence-corrected chi connectivity index (χ1v) is 11.9. The van der Waals surface area contributed by atoms with Crippen molar-refractivity contribution in [3.63, 3.8) is 0 Å². The van der Waals surface area contributed by atoms with Crippen LogP contribution in [0.3, 0.4) is 0 Å². The van der Waals surface area contributed by atoms with Crippen molar-refractivity contribution in [3.05, 3.63) is 72.1 Å². The molecule has 7 heteroatoms. The van der Waals surface area contributed by atoms with E-state index in [2.05, 4.69) is 46.2 Å². The molecular formula is C26H31N5O2. The highest BCUT2D eigenvalue weighted by molar-refractivity contribution is 5.84. The molecule has 2 amide bonds. The van der Waals surface area contributed by atoms with Gasteiger partial charge in [0, 0.05) is 38.3 Å². The Bertz CT molecular complexity index is 1000. The van der Waals surface area contributed by atoms with Gasteiger partial charge in [-0.25, -0.2) is 10.9 Å². The van der Waals surface area contributed by atoms with Gasteiger partial charge in [0.1, 0.15) is 6.04 Å². The number of nitrogens with zero attached hydrogens (tertiary/aromatic N) is 3. The molecule has 0 bridgehead atoms. The van der Waals surface area contributed by atoms with Gasteiger partial charge < -0.3 is 9.80 Å². The van der Waals surface area contributed by atoms with Crippen LogP contribution in [0.25, 0.3) is 5.57 Å². The predicted molar refractivity (Wildman–Crippen MR) is 127 cm³/mol. The third-order valence-electron chi connectivity index (χ3n) is 7.07. The summed E-state index contributed by atoms with van der Waals surface area (Å²) >= 11 is 0. The summed E-state index contributed by atoms with van der Waals surface area (Å²) in [7, 11) is 0. The van der Waals surface area contributed by atoms with Crippen LogP contribution in [-0.4, -0.2) is 58.8 Å². The minimum Gasteiger partial charge on any atom is -0.341 e. The normalized spacial score (nSPS) is 23.9. The van der Waals surface area contributed by atoms with Crippen molar-refractivity contribution in [2.24, 2.45) is 5.92 Å². The van der Waals surface area contributed by atoms with E-state index in [1.54, 1.807) is 6.20 Å². The molecular weight excluding hydrogens is 414 g/mol. The zero-order valence-electron chi connectivity index (χ0n) is 18.8. The maximum atomic E-state index is 13.1. The second-order valence-electron chi connectivity index (χ2n) is 9.11. The number of carbonyl (C=O) groups excluding carboxylic acids is 2. The number of aromatic nitrogens is 1. The molecule has 2 unspecified atom stereocenters. The Hall–Kier alpha value is -3.03. The SMILES string of the molecule is O=C(C1CCN(C(=O)C2CC(c3ccccn3)NN2)CC1)N1CC=C(c2ccccc2)CC1. The largest absolute Gasteiger partial charge is 0.341 e. The van der Waals surface area contributed by atoms with Crippen molar-refractivity contribution < 1.29 is 9.59 Å². The first-order chi connectivity index (χ1) is 16.2. The molecule has 2 fully saturated rings. The van der Waals surface area contributed by atoms with E-state index in [4.69, 9.17) is 0 Å². The lowest BCUT2D eigenvalue weighted by atomic mass is 9.93. The Labute approximate surface area is 194 Å². The van der Waals surface area contributed by atoms with Crippen LogP contribution in [-0.2, 0) is 9.59 Å². The van der Waals surface area contributed by atoms with Gasteiger partial charge in [-0.3, -0.25) is 14.6 Å². The fourth-order valence-corrected chi connectivity index (χ4v) is 5.10. The summed E-state index contributed by atoms with van der Waals surface area (Å²) < 4.78 is 0. The van der Waals surface area contributed by atoms with E-state index >= 15 is 0 Å². The van der Waals surface area contributed by atoms with Crippen LogP contribution < -0.4 is 10.9 Å². The van der Waals surface area contributed by atoms with Crippen molar-refractivity contribution in [2.45, 2.75) is 37.8 Å². The number of hydrogen-bond donors (Lipinski definition) is 2. The summed E-state index contributed by atoms with van der Waals surface area (Å²) in [6.45, 7) is 2.72. The standard InChI is InChI=1S/C26H31N5O2/c32-25(30-14-9-20(10-15-30)19-6-2-1-3-7-19)21-11-16-31(17-12-21)26(33)24-18-23(28-29-24)22-8-4-5-13-27-22/h1-9,13,21,23-24,28-29H,10-12,14-18H2. The Morgan fingerprint density at radius 3 is 2.36 bits per heavy atom. The molecule has 5 rings (SSSR count). The molecule has 3 aliphatic rings. The molecule has 1 aromatic heterocycles. The molecule has 0 saturated carbocycles. The third-order valence-corrected chi connectivity index (χ3v) is 7.07. The predicted octanol–water partition coefficient (Wildman–Crippen LogP) is 2.54. The highest BCUT2D eigenvalue weighted by atomic mass is 16.2. The van der Waals surface area contributed by atoms with Crippen LogP contribution in [0.4, 0.5) is 0 Å². The van der Waals surface area contributed by atoms with Gasteiger partial charge in [0.2, 0.25) is 11.8 Å². The van der Waals surface area contributed by atoms with E-state index in [0.29, 0.717) is 26.1 Å². The maximum Gasteiger partial charge on any atom is 0.241 e. The number of hydrogen-bond acceptors (Lipinski definition) is 5. The highest BCUT2D eigenvalue weighted by Gasteiger charge is 2.36. The highest BCUT2D eigenvalue weighted by Crippen LogP contribution is 2.27. The molecule has 4 heterocycles. The van der Waals surface area contributed by atoms with E-state index in [1.165, 1.54) is 11.1 Å². The molecule has 1 aromatic carbocycles. The fourth-order valence-electron chi connectivity index (χ4n) is 5.10. The summed E-state index contributed by atoms with van der Waals surface area (Å²) in [6.07, 6.45) is 7.00. The molecule has 7 nitrogen and oxygen atoms in total. The smallest absolute Gasteiger partial charge is 0.241 e. The number of nitrogens with one attached hydrogen (secondary N) is 2.